The van der Waals surface area contributed by atoms with Crippen LogP contribution in [0.3, 0.4) is 0 Å². The van der Waals surface area contributed by atoms with Crippen LogP contribution >= 0.6 is 27.5 Å². The van der Waals surface area contributed by atoms with Crippen LogP contribution in [0.5, 0.6) is 0 Å². The monoisotopic (exact) mass is 467 g/mol. The van der Waals surface area contributed by atoms with Gasteiger partial charge in [-0.3, -0.25) is 0 Å². The van der Waals surface area contributed by atoms with Crippen molar-refractivity contribution in [3.05, 3.63) is 45.7 Å². The fourth-order valence-electron chi connectivity index (χ4n) is 1.67. The van der Waals surface area contributed by atoms with E-state index in [2.05, 4.69) is 25.9 Å². The van der Waals surface area contributed by atoms with Gasteiger partial charge < -0.3 is 9.29 Å². The molecule has 0 fully saturated rings. The number of halogens is 4. The molecule has 0 N–H and O–H groups in total. The maximum atomic E-state index is 14.3. The SMILES string of the molecule is CC(C)(C)OC(=O)N(c1ncc(F)cn1)[S+]([O-])c1cc(Cl)c(Br)cc1F. The van der Waals surface area contributed by atoms with Crippen molar-refractivity contribution >= 4 is 50.9 Å². The first-order valence-corrected chi connectivity index (χ1v) is 9.34. The lowest BCUT2D eigenvalue weighted by atomic mass is 10.2. The molecule has 0 aliphatic heterocycles. The number of carbonyl (C=O) groups excluding carboxylic acids is 1. The first-order valence-electron chi connectivity index (χ1n) is 7.06. The number of carbonyl (C=O) groups is 1. The van der Waals surface area contributed by atoms with Crippen LogP contribution in [0.2, 0.25) is 5.02 Å². The molecule has 0 aliphatic carbocycles. The van der Waals surface area contributed by atoms with Crippen LogP contribution in [0, 0.1) is 11.6 Å². The molecule has 1 unspecified atom stereocenters. The van der Waals surface area contributed by atoms with Gasteiger partial charge in [0.1, 0.15) is 17.0 Å². The molecule has 0 radical (unpaired) electrons. The fraction of sp³-hybridized carbons (Fsp3) is 0.267. The van der Waals surface area contributed by atoms with Gasteiger partial charge >= 0.3 is 6.09 Å². The summed E-state index contributed by atoms with van der Waals surface area (Å²) in [5, 5.41) is 0.0823. The molecule has 1 aromatic carbocycles. The van der Waals surface area contributed by atoms with E-state index in [9.17, 15) is 18.1 Å². The standard InChI is InChI=1S/C15H13BrClF2N3O3S/c1-15(2,3)25-14(23)22(13-20-6-8(18)7-21-13)26(24)12-5-10(17)9(16)4-11(12)19/h4-7H,1-3H3. The lowest BCUT2D eigenvalue weighted by molar-refractivity contribution is 0.0606. The highest BCUT2D eigenvalue weighted by atomic mass is 79.9. The third kappa shape index (κ3) is 5.03. The highest BCUT2D eigenvalue weighted by Crippen LogP contribution is 2.31. The highest BCUT2D eigenvalue weighted by molar-refractivity contribution is 9.10. The number of amides is 1. The van der Waals surface area contributed by atoms with Gasteiger partial charge in [0.25, 0.3) is 5.95 Å². The van der Waals surface area contributed by atoms with Crippen molar-refractivity contribution in [3.63, 3.8) is 0 Å². The molecule has 1 aromatic heterocycles. The van der Waals surface area contributed by atoms with Gasteiger partial charge in [-0.15, -0.1) is 0 Å². The Bertz CT molecular complexity index is 821. The number of benzene rings is 1. The molecular weight excluding hydrogens is 456 g/mol. The van der Waals surface area contributed by atoms with E-state index in [1.54, 1.807) is 20.8 Å². The number of rotatable bonds is 3. The van der Waals surface area contributed by atoms with Crippen LogP contribution in [0.25, 0.3) is 0 Å². The highest BCUT2D eigenvalue weighted by Gasteiger charge is 2.38. The van der Waals surface area contributed by atoms with Gasteiger partial charge in [0.05, 0.1) is 17.4 Å². The molecule has 0 aliphatic rings. The Kier molecular flexibility index (Phi) is 6.43. The summed E-state index contributed by atoms with van der Waals surface area (Å²) in [5.41, 5.74) is -0.935. The second-order valence-electron chi connectivity index (χ2n) is 5.92. The third-order valence-corrected chi connectivity index (χ3v) is 5.21. The zero-order chi connectivity index (χ0) is 19.6. The Balaban J connectivity index is 2.51. The van der Waals surface area contributed by atoms with Crippen LogP contribution in [-0.2, 0) is 16.1 Å². The molecule has 1 atom stereocenters. The minimum atomic E-state index is -2.44. The van der Waals surface area contributed by atoms with Gasteiger partial charge in [0.2, 0.25) is 4.90 Å². The van der Waals surface area contributed by atoms with Crippen LogP contribution in [-0.4, -0.2) is 26.2 Å². The maximum absolute atomic E-state index is 14.3. The second-order valence-corrected chi connectivity index (χ2v) is 8.49. The molecule has 26 heavy (non-hydrogen) atoms. The van der Waals surface area contributed by atoms with E-state index in [1.165, 1.54) is 0 Å². The fourth-order valence-corrected chi connectivity index (χ4v) is 3.27. The molecule has 0 saturated carbocycles. The van der Waals surface area contributed by atoms with E-state index in [0.29, 0.717) is 4.31 Å². The van der Waals surface area contributed by atoms with Gasteiger partial charge in [-0.05, 0) is 47.1 Å². The smallest absolute Gasteiger partial charge is 0.460 e. The summed E-state index contributed by atoms with van der Waals surface area (Å²) in [4.78, 5) is 19.4. The number of hydrogen-bond acceptors (Lipinski definition) is 5. The molecule has 0 saturated heterocycles. The summed E-state index contributed by atoms with van der Waals surface area (Å²) in [6.07, 6.45) is 0.463. The van der Waals surface area contributed by atoms with E-state index < -0.39 is 45.5 Å². The van der Waals surface area contributed by atoms with Crippen LogP contribution < -0.4 is 4.31 Å². The average molecular weight is 469 g/mol. The van der Waals surface area contributed by atoms with Gasteiger partial charge in [-0.1, -0.05) is 11.6 Å². The van der Waals surface area contributed by atoms with Crippen molar-refractivity contribution < 1.29 is 22.9 Å². The van der Waals surface area contributed by atoms with Crippen LogP contribution in [0.15, 0.2) is 33.9 Å². The van der Waals surface area contributed by atoms with Crippen molar-refractivity contribution in [2.75, 3.05) is 4.31 Å². The minimum absolute atomic E-state index is 0.0823. The maximum Gasteiger partial charge on any atom is 0.460 e. The Morgan fingerprint density at radius 3 is 2.42 bits per heavy atom. The van der Waals surface area contributed by atoms with Gasteiger partial charge in [0, 0.05) is 10.5 Å². The molecule has 0 spiro atoms. The average Bonchev–Trinajstić information content (AvgIpc) is 2.51. The van der Waals surface area contributed by atoms with Crippen molar-refractivity contribution in [1.82, 2.24) is 9.97 Å². The molecule has 11 heteroatoms. The van der Waals surface area contributed by atoms with Crippen LogP contribution in [0.1, 0.15) is 20.8 Å². The first-order chi connectivity index (χ1) is 12.0. The van der Waals surface area contributed by atoms with Gasteiger partial charge in [-0.2, -0.15) is 0 Å². The summed E-state index contributed by atoms with van der Waals surface area (Å²) in [7, 11) is 0. The number of anilines is 1. The molecule has 140 valence electrons. The van der Waals surface area contributed by atoms with E-state index in [0.717, 1.165) is 24.5 Å². The van der Waals surface area contributed by atoms with Gasteiger partial charge in [0.15, 0.2) is 11.6 Å². The Morgan fingerprint density at radius 1 is 1.31 bits per heavy atom. The third-order valence-electron chi connectivity index (χ3n) is 2.68. The van der Waals surface area contributed by atoms with Crippen molar-refractivity contribution in [2.24, 2.45) is 0 Å². The van der Waals surface area contributed by atoms with E-state index >= 15 is 0 Å². The van der Waals surface area contributed by atoms with Crippen molar-refractivity contribution in [2.45, 2.75) is 31.3 Å². The van der Waals surface area contributed by atoms with Crippen molar-refractivity contribution in [1.29, 1.82) is 0 Å². The summed E-state index contributed by atoms with van der Waals surface area (Å²) < 4.78 is 46.2. The normalized spacial score (nSPS) is 12.6. The predicted molar refractivity (Wildman–Crippen MR) is 96.2 cm³/mol. The minimum Gasteiger partial charge on any atom is -0.587 e. The number of aromatic nitrogens is 2. The molecule has 1 amide bonds. The van der Waals surface area contributed by atoms with E-state index in [-0.39, 0.29) is 9.50 Å². The summed E-state index contributed by atoms with van der Waals surface area (Å²) >= 11 is 6.53. The quantitative estimate of drug-likeness (QED) is 0.484. The zero-order valence-electron chi connectivity index (χ0n) is 13.8. The Labute approximate surface area is 165 Å². The lowest BCUT2D eigenvalue weighted by Gasteiger charge is -2.26. The lowest BCUT2D eigenvalue weighted by Crippen LogP contribution is -2.42. The van der Waals surface area contributed by atoms with E-state index in [1.807, 2.05) is 0 Å². The Morgan fingerprint density at radius 2 is 1.88 bits per heavy atom. The van der Waals surface area contributed by atoms with Crippen LogP contribution in [0.4, 0.5) is 19.5 Å². The predicted octanol–water partition coefficient (Wildman–Crippen LogP) is 4.64. The summed E-state index contributed by atoms with van der Waals surface area (Å²) in [6, 6.07) is 2.10. The molecule has 0 bridgehead atoms. The van der Waals surface area contributed by atoms with E-state index in [4.69, 9.17) is 16.3 Å². The molecule has 2 aromatic rings. The molecule has 2 rings (SSSR count). The molecule has 1 heterocycles. The topological polar surface area (TPSA) is 78.4 Å². The molecule has 6 nitrogen and oxygen atoms in total. The summed E-state index contributed by atoms with van der Waals surface area (Å²) in [6.45, 7) is 4.78. The number of ether oxygens (including phenoxy) is 1. The largest absolute Gasteiger partial charge is 0.587 e. The number of hydrogen-bond donors (Lipinski definition) is 0. The zero-order valence-corrected chi connectivity index (χ0v) is 17.0. The number of nitrogens with zero attached hydrogens (tertiary/aromatic N) is 3. The van der Waals surface area contributed by atoms with Crippen molar-refractivity contribution in [3.8, 4) is 0 Å². The molecular formula is C15H13BrClF2N3O3S. The Hall–Kier alpha value is -1.49. The second kappa shape index (κ2) is 8.03. The van der Waals surface area contributed by atoms with Gasteiger partial charge in [-0.25, -0.2) is 23.5 Å². The first kappa shape index (κ1) is 20.8. The summed E-state index contributed by atoms with van der Waals surface area (Å²) in [5.74, 6) is -2.06.